The number of nitrogens with one attached hydrogen (secondary N) is 1. The second-order valence-electron chi connectivity index (χ2n) is 6.15. The Morgan fingerprint density at radius 3 is 2.96 bits per heavy atom. The van der Waals surface area contributed by atoms with Gasteiger partial charge in [-0.2, -0.15) is 0 Å². The standard InChI is InChI=1S/C18H24N4O3/c1-3-22(18(23)20-14(2)10-21-9-8-19-13-21)11-15-12-24-16-6-4-5-7-17(16)25-15/h4-9,13-15H,3,10-12H2,1-2H3,(H,20,23)/t14-,15+/m1/s1. The Kier molecular flexibility index (Phi) is 5.42. The molecular weight excluding hydrogens is 320 g/mol. The molecule has 1 aromatic carbocycles. The van der Waals surface area contributed by atoms with Gasteiger partial charge in [0.1, 0.15) is 6.61 Å². The molecular formula is C18H24N4O3. The number of benzene rings is 1. The van der Waals surface area contributed by atoms with E-state index in [0.717, 1.165) is 11.5 Å². The molecule has 2 amide bonds. The minimum absolute atomic E-state index is 0.000000169. The molecule has 0 saturated heterocycles. The highest BCUT2D eigenvalue weighted by atomic mass is 16.6. The van der Waals surface area contributed by atoms with Gasteiger partial charge in [0.05, 0.1) is 12.9 Å². The number of ether oxygens (including phenoxy) is 2. The van der Waals surface area contributed by atoms with E-state index in [0.29, 0.717) is 26.2 Å². The number of hydrogen-bond acceptors (Lipinski definition) is 4. The summed E-state index contributed by atoms with van der Waals surface area (Å²) in [7, 11) is 0. The van der Waals surface area contributed by atoms with E-state index in [9.17, 15) is 4.79 Å². The van der Waals surface area contributed by atoms with E-state index in [4.69, 9.17) is 9.47 Å². The van der Waals surface area contributed by atoms with Gasteiger partial charge in [-0.15, -0.1) is 0 Å². The lowest BCUT2D eigenvalue weighted by molar-refractivity contribution is 0.0671. The van der Waals surface area contributed by atoms with Gasteiger partial charge in [0, 0.05) is 31.5 Å². The first-order valence-corrected chi connectivity index (χ1v) is 8.55. The molecule has 0 bridgehead atoms. The molecule has 0 radical (unpaired) electrons. The third kappa shape index (κ3) is 4.43. The summed E-state index contributed by atoms with van der Waals surface area (Å²) in [5.41, 5.74) is 0. The summed E-state index contributed by atoms with van der Waals surface area (Å²) in [5.74, 6) is 1.48. The fraction of sp³-hybridized carbons (Fsp3) is 0.444. The Bertz CT molecular complexity index is 689. The lowest BCUT2D eigenvalue weighted by atomic mass is 10.2. The molecule has 134 valence electrons. The van der Waals surface area contributed by atoms with Gasteiger partial charge in [0.15, 0.2) is 17.6 Å². The molecule has 1 aliphatic rings. The number of rotatable bonds is 6. The van der Waals surface area contributed by atoms with Crippen molar-refractivity contribution in [2.75, 3.05) is 19.7 Å². The van der Waals surface area contributed by atoms with Crippen molar-refractivity contribution >= 4 is 6.03 Å². The summed E-state index contributed by atoms with van der Waals surface area (Å²) in [5, 5.41) is 3.02. The smallest absolute Gasteiger partial charge is 0.317 e. The van der Waals surface area contributed by atoms with Crippen LogP contribution in [0.2, 0.25) is 0 Å². The van der Waals surface area contributed by atoms with Gasteiger partial charge < -0.3 is 24.3 Å². The van der Waals surface area contributed by atoms with E-state index < -0.39 is 0 Å². The zero-order valence-electron chi connectivity index (χ0n) is 14.6. The molecule has 7 heteroatoms. The van der Waals surface area contributed by atoms with Crippen molar-refractivity contribution in [3.05, 3.63) is 43.0 Å². The summed E-state index contributed by atoms with van der Waals surface area (Å²) in [6, 6.07) is 7.49. The van der Waals surface area contributed by atoms with Crippen LogP contribution in [0.3, 0.4) is 0 Å². The van der Waals surface area contributed by atoms with Crippen LogP contribution in [0.1, 0.15) is 13.8 Å². The van der Waals surface area contributed by atoms with E-state index in [-0.39, 0.29) is 18.2 Å². The predicted molar refractivity (Wildman–Crippen MR) is 93.8 cm³/mol. The summed E-state index contributed by atoms with van der Waals surface area (Å²) in [6.07, 6.45) is 5.17. The number of amides is 2. The van der Waals surface area contributed by atoms with Crippen molar-refractivity contribution in [3.63, 3.8) is 0 Å². The largest absolute Gasteiger partial charge is 0.486 e. The molecule has 0 aliphatic carbocycles. The van der Waals surface area contributed by atoms with Gasteiger partial charge in [-0.05, 0) is 26.0 Å². The van der Waals surface area contributed by atoms with Crippen molar-refractivity contribution in [1.82, 2.24) is 19.8 Å². The molecule has 0 spiro atoms. The Hall–Kier alpha value is -2.70. The predicted octanol–water partition coefficient (Wildman–Crippen LogP) is 2.14. The highest BCUT2D eigenvalue weighted by Crippen LogP contribution is 2.30. The molecule has 1 aromatic heterocycles. The quantitative estimate of drug-likeness (QED) is 0.872. The molecule has 2 aromatic rings. The Morgan fingerprint density at radius 1 is 1.44 bits per heavy atom. The molecule has 1 aliphatic heterocycles. The highest BCUT2D eigenvalue weighted by Gasteiger charge is 2.25. The molecule has 2 heterocycles. The van der Waals surface area contributed by atoms with Crippen molar-refractivity contribution in [1.29, 1.82) is 0 Å². The van der Waals surface area contributed by atoms with Crippen molar-refractivity contribution < 1.29 is 14.3 Å². The minimum atomic E-state index is -0.176. The second kappa shape index (κ2) is 7.92. The van der Waals surface area contributed by atoms with Crippen LogP contribution in [0, 0.1) is 0 Å². The van der Waals surface area contributed by atoms with Gasteiger partial charge in [0.25, 0.3) is 0 Å². The van der Waals surface area contributed by atoms with E-state index in [1.54, 1.807) is 17.4 Å². The average molecular weight is 344 g/mol. The van der Waals surface area contributed by atoms with E-state index in [1.807, 2.05) is 48.9 Å². The van der Waals surface area contributed by atoms with Crippen LogP contribution in [0.4, 0.5) is 4.79 Å². The molecule has 25 heavy (non-hydrogen) atoms. The van der Waals surface area contributed by atoms with Crippen LogP contribution < -0.4 is 14.8 Å². The molecule has 3 rings (SSSR count). The van der Waals surface area contributed by atoms with Crippen molar-refractivity contribution in [2.45, 2.75) is 32.5 Å². The molecule has 0 unspecified atom stereocenters. The van der Waals surface area contributed by atoms with E-state index in [2.05, 4.69) is 10.3 Å². The fourth-order valence-corrected chi connectivity index (χ4v) is 2.81. The number of carbonyl (C=O) groups excluding carboxylic acids is 1. The summed E-state index contributed by atoms with van der Waals surface area (Å²) >= 11 is 0. The number of carbonyl (C=O) groups is 1. The summed E-state index contributed by atoms with van der Waals surface area (Å²) < 4.78 is 13.6. The maximum absolute atomic E-state index is 12.5. The van der Waals surface area contributed by atoms with E-state index in [1.165, 1.54) is 0 Å². The Balaban J connectivity index is 1.52. The zero-order chi connectivity index (χ0) is 17.6. The van der Waals surface area contributed by atoms with Crippen LogP contribution in [-0.2, 0) is 6.54 Å². The third-order valence-corrected chi connectivity index (χ3v) is 4.07. The summed E-state index contributed by atoms with van der Waals surface area (Å²) in [4.78, 5) is 18.3. The number of fused-ring (bicyclic) bond motifs is 1. The SMILES string of the molecule is CCN(C[C@H]1COc2ccccc2O1)C(=O)N[C@H](C)Cn1ccnc1. The number of urea groups is 1. The number of para-hydroxylation sites is 2. The van der Waals surface area contributed by atoms with Gasteiger partial charge in [-0.1, -0.05) is 12.1 Å². The molecule has 7 nitrogen and oxygen atoms in total. The zero-order valence-corrected chi connectivity index (χ0v) is 14.6. The normalized spacial score (nSPS) is 17.0. The number of imidazole rings is 1. The number of nitrogens with zero attached hydrogens (tertiary/aromatic N) is 3. The van der Waals surface area contributed by atoms with Crippen LogP contribution in [-0.4, -0.2) is 52.3 Å². The maximum Gasteiger partial charge on any atom is 0.317 e. The van der Waals surface area contributed by atoms with Gasteiger partial charge in [0.2, 0.25) is 0 Å². The molecule has 2 atom stereocenters. The topological polar surface area (TPSA) is 68.6 Å². The van der Waals surface area contributed by atoms with Crippen LogP contribution in [0.5, 0.6) is 11.5 Å². The lowest BCUT2D eigenvalue weighted by Crippen LogP contribution is -2.49. The van der Waals surface area contributed by atoms with Gasteiger partial charge >= 0.3 is 6.03 Å². The first-order chi connectivity index (χ1) is 12.2. The number of aromatic nitrogens is 2. The number of hydrogen-bond donors (Lipinski definition) is 1. The Morgan fingerprint density at radius 2 is 2.24 bits per heavy atom. The molecule has 0 saturated carbocycles. The Labute approximate surface area is 147 Å². The maximum atomic E-state index is 12.5. The van der Waals surface area contributed by atoms with Crippen molar-refractivity contribution in [3.8, 4) is 11.5 Å². The van der Waals surface area contributed by atoms with Crippen LogP contribution >= 0.6 is 0 Å². The number of likely N-dealkylation sites (N-methyl/N-ethyl adjacent to an activating group) is 1. The molecule has 1 N–H and O–H groups in total. The highest BCUT2D eigenvalue weighted by molar-refractivity contribution is 5.74. The average Bonchev–Trinajstić information content (AvgIpc) is 3.12. The van der Waals surface area contributed by atoms with Crippen LogP contribution in [0.25, 0.3) is 0 Å². The van der Waals surface area contributed by atoms with Crippen LogP contribution in [0.15, 0.2) is 43.0 Å². The molecule has 0 fully saturated rings. The monoisotopic (exact) mass is 344 g/mol. The van der Waals surface area contributed by atoms with Gasteiger partial charge in [-0.25, -0.2) is 9.78 Å². The summed E-state index contributed by atoms with van der Waals surface area (Å²) in [6.45, 7) is 6.13. The van der Waals surface area contributed by atoms with Crippen molar-refractivity contribution in [2.24, 2.45) is 0 Å². The second-order valence-corrected chi connectivity index (χ2v) is 6.15. The lowest BCUT2D eigenvalue weighted by Gasteiger charge is -2.31. The van der Waals surface area contributed by atoms with E-state index >= 15 is 0 Å². The first-order valence-electron chi connectivity index (χ1n) is 8.55. The third-order valence-electron chi connectivity index (χ3n) is 4.07. The minimum Gasteiger partial charge on any atom is -0.486 e. The first kappa shape index (κ1) is 17.1. The van der Waals surface area contributed by atoms with Gasteiger partial charge in [-0.3, -0.25) is 0 Å². The fourth-order valence-electron chi connectivity index (χ4n) is 2.81.